The van der Waals surface area contributed by atoms with Crippen LogP contribution in [0.2, 0.25) is 0 Å². The molecular weight excluding hydrogens is 253 g/mol. The van der Waals surface area contributed by atoms with Crippen LogP contribution in [0.15, 0.2) is 24.3 Å². The zero-order valence-corrected chi connectivity index (χ0v) is 10.6. The van der Waals surface area contributed by atoms with Crippen LogP contribution in [0.4, 0.5) is 4.39 Å². The van der Waals surface area contributed by atoms with E-state index < -0.39 is 24.8 Å². The fraction of sp³-hybridized carbons (Fsp3) is 0.462. The molecule has 0 saturated carbocycles. The van der Waals surface area contributed by atoms with E-state index in [0.717, 1.165) is 5.56 Å². The molecule has 0 aliphatic heterocycles. The molecule has 6 heteroatoms. The molecule has 0 saturated heterocycles. The summed E-state index contributed by atoms with van der Waals surface area (Å²) in [6.07, 6.45) is -1.14. The summed E-state index contributed by atoms with van der Waals surface area (Å²) >= 11 is 0. The van der Waals surface area contributed by atoms with Crippen molar-refractivity contribution in [1.82, 2.24) is 0 Å². The highest BCUT2D eigenvalue weighted by Gasteiger charge is 2.21. The molecule has 0 fully saturated rings. The highest BCUT2D eigenvalue weighted by molar-refractivity contribution is 5.74. The maximum Gasteiger partial charge on any atom is 0.321 e. The van der Waals surface area contributed by atoms with Crippen molar-refractivity contribution in [2.24, 2.45) is 5.73 Å². The molecule has 1 aromatic carbocycles. The van der Waals surface area contributed by atoms with Gasteiger partial charge in [0, 0.05) is 5.92 Å². The molecule has 0 heterocycles. The number of nitrogens with two attached hydrogens (primary N) is 1. The fourth-order valence-corrected chi connectivity index (χ4v) is 1.53. The zero-order valence-electron chi connectivity index (χ0n) is 10.6. The number of aliphatic carboxylic acids is 1. The van der Waals surface area contributed by atoms with Gasteiger partial charge in [-0.3, -0.25) is 4.79 Å². The van der Waals surface area contributed by atoms with Crippen LogP contribution in [0.25, 0.3) is 0 Å². The minimum Gasteiger partial charge on any atom is -0.491 e. The topological polar surface area (TPSA) is 92.8 Å². The van der Waals surface area contributed by atoms with Crippen molar-refractivity contribution in [3.05, 3.63) is 29.8 Å². The minimum atomic E-state index is -1.14. The number of ether oxygens (including phenoxy) is 1. The van der Waals surface area contributed by atoms with Crippen LogP contribution in [-0.4, -0.2) is 41.6 Å². The number of hydrogen-bond acceptors (Lipinski definition) is 4. The number of carboxylic acid groups (broad SMARTS) is 1. The first-order chi connectivity index (χ1) is 8.95. The summed E-state index contributed by atoms with van der Waals surface area (Å²) in [6, 6.07) is 5.69. The minimum absolute atomic E-state index is 0.125. The number of hydrogen-bond donors (Lipinski definition) is 3. The molecule has 4 N–H and O–H groups in total. The molecule has 1 rings (SSSR count). The van der Waals surface area contributed by atoms with E-state index in [9.17, 15) is 9.18 Å². The Morgan fingerprint density at radius 1 is 1.42 bits per heavy atom. The Labute approximate surface area is 110 Å². The van der Waals surface area contributed by atoms with Crippen LogP contribution in [-0.2, 0) is 4.79 Å². The standard InChI is InChI=1S/C13H18FNO4/c1-8(12(15)13(17)18)9-2-4-11(5-3-9)19-7-10(16)6-14/h2-5,8,10,12,16H,6-7,15H2,1H3,(H,17,18). The molecule has 1 aromatic rings. The molecule has 0 bridgehead atoms. The van der Waals surface area contributed by atoms with E-state index in [1.54, 1.807) is 31.2 Å². The van der Waals surface area contributed by atoms with Crippen LogP contribution in [0.3, 0.4) is 0 Å². The molecular formula is C13H18FNO4. The second-order valence-electron chi connectivity index (χ2n) is 4.34. The van der Waals surface area contributed by atoms with Crippen molar-refractivity contribution in [3.63, 3.8) is 0 Å². The lowest BCUT2D eigenvalue weighted by Gasteiger charge is -2.17. The Kier molecular flexibility index (Phi) is 5.72. The maximum absolute atomic E-state index is 12.0. The molecule has 19 heavy (non-hydrogen) atoms. The number of rotatable bonds is 7. The summed E-state index contributed by atoms with van der Waals surface area (Å²) in [5, 5.41) is 17.8. The first-order valence-corrected chi connectivity index (χ1v) is 5.91. The van der Waals surface area contributed by atoms with Gasteiger partial charge in [0.15, 0.2) is 0 Å². The first-order valence-electron chi connectivity index (χ1n) is 5.91. The van der Waals surface area contributed by atoms with E-state index >= 15 is 0 Å². The number of carbonyl (C=O) groups is 1. The average Bonchev–Trinajstić information content (AvgIpc) is 2.43. The van der Waals surface area contributed by atoms with Crippen LogP contribution < -0.4 is 10.5 Å². The predicted octanol–water partition coefficient (Wildman–Crippen LogP) is 0.911. The van der Waals surface area contributed by atoms with Gasteiger partial charge < -0.3 is 20.7 Å². The summed E-state index contributed by atoms with van der Waals surface area (Å²) in [4.78, 5) is 10.8. The van der Waals surface area contributed by atoms with Crippen molar-refractivity contribution in [2.75, 3.05) is 13.3 Å². The Bertz CT molecular complexity index is 410. The number of aliphatic hydroxyl groups excluding tert-OH is 1. The normalized spacial score (nSPS) is 15.6. The molecule has 0 aliphatic carbocycles. The largest absolute Gasteiger partial charge is 0.491 e. The highest BCUT2D eigenvalue weighted by atomic mass is 19.1. The molecule has 0 aromatic heterocycles. The van der Waals surface area contributed by atoms with E-state index in [2.05, 4.69) is 0 Å². The Morgan fingerprint density at radius 2 is 2.00 bits per heavy atom. The van der Waals surface area contributed by atoms with E-state index in [1.807, 2.05) is 0 Å². The Morgan fingerprint density at radius 3 is 2.47 bits per heavy atom. The summed E-state index contributed by atoms with van der Waals surface area (Å²) < 4.78 is 17.2. The van der Waals surface area contributed by atoms with Gasteiger partial charge in [0.1, 0.15) is 31.2 Å². The second-order valence-corrected chi connectivity index (χ2v) is 4.34. The van der Waals surface area contributed by atoms with Crippen molar-refractivity contribution in [3.8, 4) is 5.75 Å². The van der Waals surface area contributed by atoms with Crippen LogP contribution in [0.1, 0.15) is 18.4 Å². The molecule has 3 unspecified atom stereocenters. The van der Waals surface area contributed by atoms with Crippen molar-refractivity contribution >= 4 is 5.97 Å². The van der Waals surface area contributed by atoms with Crippen LogP contribution >= 0.6 is 0 Å². The van der Waals surface area contributed by atoms with Gasteiger partial charge in [0.05, 0.1) is 0 Å². The number of aliphatic hydroxyl groups is 1. The highest BCUT2D eigenvalue weighted by Crippen LogP contribution is 2.21. The van der Waals surface area contributed by atoms with E-state index in [1.165, 1.54) is 0 Å². The van der Waals surface area contributed by atoms with E-state index in [-0.39, 0.29) is 12.5 Å². The molecule has 0 amide bonds. The van der Waals surface area contributed by atoms with Gasteiger partial charge in [-0.05, 0) is 17.7 Å². The smallest absolute Gasteiger partial charge is 0.321 e. The van der Waals surface area contributed by atoms with Gasteiger partial charge in [0.25, 0.3) is 0 Å². The lowest BCUT2D eigenvalue weighted by atomic mass is 9.94. The number of halogens is 1. The van der Waals surface area contributed by atoms with Gasteiger partial charge >= 0.3 is 5.97 Å². The van der Waals surface area contributed by atoms with E-state index in [0.29, 0.717) is 5.75 Å². The molecule has 0 aliphatic rings. The lowest BCUT2D eigenvalue weighted by Crippen LogP contribution is -2.35. The number of carboxylic acids is 1. The summed E-state index contributed by atoms with van der Waals surface area (Å²) in [6.45, 7) is 0.740. The van der Waals surface area contributed by atoms with Gasteiger partial charge in [-0.15, -0.1) is 0 Å². The SMILES string of the molecule is CC(c1ccc(OCC(O)CF)cc1)C(N)C(=O)O. The van der Waals surface area contributed by atoms with E-state index in [4.69, 9.17) is 20.7 Å². The van der Waals surface area contributed by atoms with Crippen molar-refractivity contribution in [2.45, 2.75) is 25.0 Å². The van der Waals surface area contributed by atoms with Gasteiger partial charge in [-0.25, -0.2) is 4.39 Å². The summed E-state index contributed by atoms with van der Waals surface area (Å²) in [5.41, 5.74) is 6.31. The maximum atomic E-state index is 12.0. The van der Waals surface area contributed by atoms with Crippen LogP contribution in [0.5, 0.6) is 5.75 Å². The van der Waals surface area contributed by atoms with Gasteiger partial charge in [-0.2, -0.15) is 0 Å². The first kappa shape index (κ1) is 15.4. The molecule has 0 spiro atoms. The van der Waals surface area contributed by atoms with Crippen molar-refractivity contribution < 1.29 is 24.1 Å². The zero-order chi connectivity index (χ0) is 14.4. The van der Waals surface area contributed by atoms with Crippen LogP contribution in [0, 0.1) is 0 Å². The molecule has 106 valence electrons. The third-order valence-corrected chi connectivity index (χ3v) is 2.85. The summed E-state index contributed by atoms with van der Waals surface area (Å²) in [5.74, 6) is -0.908. The lowest BCUT2D eigenvalue weighted by molar-refractivity contribution is -0.139. The second kappa shape index (κ2) is 7.06. The fourth-order valence-electron chi connectivity index (χ4n) is 1.53. The third-order valence-electron chi connectivity index (χ3n) is 2.85. The van der Waals surface area contributed by atoms with Gasteiger partial charge in [-0.1, -0.05) is 19.1 Å². The Balaban J connectivity index is 2.63. The average molecular weight is 271 g/mol. The molecule has 5 nitrogen and oxygen atoms in total. The monoisotopic (exact) mass is 271 g/mol. The Hall–Kier alpha value is -1.66. The predicted molar refractivity (Wildman–Crippen MR) is 67.9 cm³/mol. The third kappa shape index (κ3) is 4.50. The molecule has 3 atom stereocenters. The number of alkyl halides is 1. The number of benzene rings is 1. The van der Waals surface area contributed by atoms with Gasteiger partial charge in [0.2, 0.25) is 0 Å². The molecule has 0 radical (unpaired) electrons. The quantitative estimate of drug-likeness (QED) is 0.685. The summed E-state index contributed by atoms with van der Waals surface area (Å²) in [7, 11) is 0. The van der Waals surface area contributed by atoms with Crippen molar-refractivity contribution in [1.29, 1.82) is 0 Å².